The molecule has 1 aliphatic rings. The van der Waals surface area contributed by atoms with Gasteiger partial charge in [-0.15, -0.1) is 12.4 Å². The fourth-order valence-electron chi connectivity index (χ4n) is 2.69. The number of halogens is 3. The summed E-state index contributed by atoms with van der Waals surface area (Å²) in [7, 11) is 1.62. The minimum Gasteiger partial charge on any atom is -0.381 e. The monoisotopic (exact) mass is 334 g/mol. The second-order valence-corrected chi connectivity index (χ2v) is 5.35. The number of nitrogens with zero attached hydrogens (tertiary/aromatic N) is 1. The van der Waals surface area contributed by atoms with E-state index >= 15 is 0 Å². The van der Waals surface area contributed by atoms with E-state index in [2.05, 4.69) is 0 Å². The van der Waals surface area contributed by atoms with Crippen LogP contribution in [0.3, 0.4) is 0 Å². The van der Waals surface area contributed by atoms with Crippen molar-refractivity contribution in [2.24, 2.45) is 5.73 Å². The first-order valence-electron chi connectivity index (χ1n) is 6.97. The molecule has 1 saturated heterocycles. The van der Waals surface area contributed by atoms with E-state index in [0.717, 1.165) is 6.07 Å². The van der Waals surface area contributed by atoms with Crippen LogP contribution in [0.25, 0.3) is 0 Å². The summed E-state index contributed by atoms with van der Waals surface area (Å²) in [5.74, 6) is -1.94. The summed E-state index contributed by atoms with van der Waals surface area (Å²) in [5, 5.41) is 0. The van der Waals surface area contributed by atoms with Crippen molar-refractivity contribution in [1.82, 2.24) is 4.90 Å². The van der Waals surface area contributed by atoms with Gasteiger partial charge >= 0.3 is 0 Å². The number of methoxy groups -OCH3 is 1. The molecule has 0 aromatic heterocycles. The van der Waals surface area contributed by atoms with E-state index in [9.17, 15) is 13.6 Å². The van der Waals surface area contributed by atoms with Crippen molar-refractivity contribution >= 4 is 18.3 Å². The van der Waals surface area contributed by atoms with Crippen molar-refractivity contribution in [3.63, 3.8) is 0 Å². The topological polar surface area (TPSA) is 55.6 Å². The molecule has 2 N–H and O–H groups in total. The van der Waals surface area contributed by atoms with Crippen molar-refractivity contribution < 1.29 is 18.3 Å². The van der Waals surface area contributed by atoms with E-state index in [0.29, 0.717) is 19.4 Å². The quantitative estimate of drug-likeness (QED) is 0.922. The van der Waals surface area contributed by atoms with Gasteiger partial charge < -0.3 is 15.4 Å². The molecule has 22 heavy (non-hydrogen) atoms. The van der Waals surface area contributed by atoms with E-state index in [1.165, 1.54) is 13.0 Å². The van der Waals surface area contributed by atoms with E-state index < -0.39 is 17.5 Å². The van der Waals surface area contributed by atoms with E-state index in [1.807, 2.05) is 0 Å². The number of carbonyl (C=O) groups is 1. The Hall–Kier alpha value is -1.24. The molecule has 1 aromatic rings. The van der Waals surface area contributed by atoms with Crippen molar-refractivity contribution in [2.45, 2.75) is 31.9 Å². The number of hydrogen-bond donors (Lipinski definition) is 1. The van der Waals surface area contributed by atoms with Gasteiger partial charge in [-0.05, 0) is 31.4 Å². The highest BCUT2D eigenvalue weighted by Crippen LogP contribution is 2.23. The predicted octanol–water partition coefficient (Wildman–Crippen LogP) is 2.27. The highest BCUT2D eigenvalue weighted by Gasteiger charge is 2.32. The van der Waals surface area contributed by atoms with Crippen molar-refractivity contribution in [1.29, 1.82) is 0 Å². The number of rotatable bonds is 3. The number of piperidine rings is 1. The van der Waals surface area contributed by atoms with Gasteiger partial charge in [0.05, 0.1) is 11.7 Å². The fraction of sp³-hybridized carbons (Fsp3) is 0.533. The van der Waals surface area contributed by atoms with Crippen molar-refractivity contribution in [3.05, 3.63) is 34.9 Å². The second-order valence-electron chi connectivity index (χ2n) is 5.35. The van der Waals surface area contributed by atoms with Crippen LogP contribution < -0.4 is 5.73 Å². The van der Waals surface area contributed by atoms with Crippen LogP contribution in [-0.2, 0) is 4.74 Å². The molecule has 0 saturated carbocycles. The summed E-state index contributed by atoms with van der Waals surface area (Å²) >= 11 is 0. The lowest BCUT2D eigenvalue weighted by molar-refractivity contribution is 0.0137. The van der Waals surface area contributed by atoms with E-state index in [-0.39, 0.29) is 42.2 Å². The van der Waals surface area contributed by atoms with Gasteiger partial charge in [0.2, 0.25) is 0 Å². The standard InChI is InChI=1S/C15H20F2N2O2.ClH/c1-9-5-12(14(17)7-13(9)16)15(20)19-4-3-11(21-2)6-10(19)8-18;/h5,7,10-11H,3-4,6,8,18H2,1-2H3;1H. The Morgan fingerprint density at radius 2 is 2.09 bits per heavy atom. The van der Waals surface area contributed by atoms with Crippen molar-refractivity contribution in [3.8, 4) is 0 Å². The number of aryl methyl sites for hydroxylation is 1. The Kier molecular flexibility index (Phi) is 6.71. The number of carbonyl (C=O) groups excluding carboxylic acids is 1. The Balaban J connectivity index is 0.00000242. The smallest absolute Gasteiger partial charge is 0.257 e. The lowest BCUT2D eigenvalue weighted by Crippen LogP contribution is -2.51. The van der Waals surface area contributed by atoms with E-state index in [1.54, 1.807) is 12.0 Å². The van der Waals surface area contributed by atoms with Crippen LogP contribution in [0, 0.1) is 18.6 Å². The minimum absolute atomic E-state index is 0. The minimum atomic E-state index is -0.840. The Bertz CT molecular complexity index is 543. The maximum Gasteiger partial charge on any atom is 0.257 e. The molecular formula is C15H21ClF2N2O2. The highest BCUT2D eigenvalue weighted by atomic mass is 35.5. The number of hydrogen-bond acceptors (Lipinski definition) is 3. The van der Waals surface area contributed by atoms with Gasteiger partial charge in [0.25, 0.3) is 5.91 Å². The zero-order chi connectivity index (χ0) is 15.6. The molecule has 0 bridgehead atoms. The molecule has 1 aliphatic heterocycles. The van der Waals surface area contributed by atoms with Gasteiger partial charge in [0, 0.05) is 32.3 Å². The van der Waals surface area contributed by atoms with Gasteiger partial charge in [0.1, 0.15) is 11.6 Å². The number of ether oxygens (including phenoxy) is 1. The van der Waals surface area contributed by atoms with Crippen LogP contribution in [0.1, 0.15) is 28.8 Å². The summed E-state index contributed by atoms with van der Waals surface area (Å²) in [5.41, 5.74) is 5.85. The summed E-state index contributed by atoms with van der Waals surface area (Å²) in [6, 6.07) is 1.81. The first-order chi connectivity index (χ1) is 9.97. The highest BCUT2D eigenvalue weighted by molar-refractivity contribution is 5.95. The van der Waals surface area contributed by atoms with Gasteiger partial charge in [-0.3, -0.25) is 4.79 Å². The average molecular weight is 335 g/mol. The maximum absolute atomic E-state index is 13.9. The molecule has 124 valence electrons. The molecular weight excluding hydrogens is 314 g/mol. The number of amides is 1. The molecule has 4 nitrogen and oxygen atoms in total. The second kappa shape index (κ2) is 7.85. The first kappa shape index (κ1) is 18.8. The SMILES string of the molecule is COC1CCN(C(=O)c2cc(C)c(F)cc2F)C(CN)C1.Cl. The predicted molar refractivity (Wildman–Crippen MR) is 82.3 cm³/mol. The summed E-state index contributed by atoms with van der Waals surface area (Å²) in [6.07, 6.45) is 1.36. The van der Waals surface area contributed by atoms with Gasteiger partial charge in [-0.25, -0.2) is 8.78 Å². The summed E-state index contributed by atoms with van der Waals surface area (Å²) in [4.78, 5) is 14.1. The lowest BCUT2D eigenvalue weighted by atomic mass is 9.97. The third-order valence-electron chi connectivity index (χ3n) is 4.01. The molecule has 0 aliphatic carbocycles. The molecule has 0 radical (unpaired) electrons. The molecule has 1 fully saturated rings. The van der Waals surface area contributed by atoms with Crippen LogP contribution >= 0.6 is 12.4 Å². The zero-order valence-corrected chi connectivity index (χ0v) is 13.5. The molecule has 7 heteroatoms. The van der Waals surface area contributed by atoms with Gasteiger partial charge in [0.15, 0.2) is 0 Å². The van der Waals surface area contributed by atoms with Crippen LogP contribution in [0.15, 0.2) is 12.1 Å². The van der Waals surface area contributed by atoms with Gasteiger partial charge in [-0.2, -0.15) is 0 Å². The molecule has 2 atom stereocenters. The number of likely N-dealkylation sites (tertiary alicyclic amines) is 1. The largest absolute Gasteiger partial charge is 0.381 e. The van der Waals surface area contributed by atoms with Crippen LogP contribution in [-0.4, -0.2) is 43.2 Å². The third kappa shape index (κ3) is 3.74. The van der Waals surface area contributed by atoms with Crippen LogP contribution in [0.4, 0.5) is 8.78 Å². The zero-order valence-electron chi connectivity index (χ0n) is 12.6. The van der Waals surface area contributed by atoms with Crippen LogP contribution in [0.2, 0.25) is 0 Å². The molecule has 2 unspecified atom stereocenters. The number of nitrogens with two attached hydrogens (primary N) is 1. The summed E-state index contributed by atoms with van der Waals surface area (Å²) < 4.78 is 32.5. The Morgan fingerprint density at radius 1 is 1.41 bits per heavy atom. The maximum atomic E-state index is 13.9. The average Bonchev–Trinajstić information content (AvgIpc) is 2.49. The molecule has 2 rings (SSSR count). The molecule has 1 heterocycles. The van der Waals surface area contributed by atoms with Crippen molar-refractivity contribution in [2.75, 3.05) is 20.2 Å². The fourth-order valence-corrected chi connectivity index (χ4v) is 2.69. The van der Waals surface area contributed by atoms with E-state index in [4.69, 9.17) is 10.5 Å². The Labute approximate surface area is 135 Å². The van der Waals surface area contributed by atoms with Crippen LogP contribution in [0.5, 0.6) is 0 Å². The number of benzene rings is 1. The Morgan fingerprint density at radius 3 is 2.68 bits per heavy atom. The third-order valence-corrected chi connectivity index (χ3v) is 4.01. The molecule has 1 aromatic carbocycles. The summed E-state index contributed by atoms with van der Waals surface area (Å²) in [6.45, 7) is 2.24. The van der Waals surface area contributed by atoms with Gasteiger partial charge in [-0.1, -0.05) is 0 Å². The lowest BCUT2D eigenvalue weighted by Gasteiger charge is -2.38. The molecule has 0 spiro atoms. The normalized spacial score (nSPS) is 21.4. The molecule has 1 amide bonds. The first-order valence-corrected chi connectivity index (χ1v) is 6.97.